The number of primary amides is 1. The van der Waals surface area contributed by atoms with E-state index in [1.807, 2.05) is 0 Å². The van der Waals surface area contributed by atoms with Gasteiger partial charge in [-0.15, -0.1) is 0 Å². The van der Waals surface area contributed by atoms with Gasteiger partial charge in [-0.1, -0.05) is 41.6 Å². The Bertz CT molecular complexity index is 723. The molecule has 1 aromatic rings. The lowest BCUT2D eigenvalue weighted by molar-refractivity contribution is -0.115. The standard InChI is InChI=1S/C15H14ClN5OS/c16-11-4-2-1-3-8(11)13-9(5-17)14(20)21-15(10(13)6-18)23-7-12(19)22/h1-4,9-10,13-14H,7,20H2,(H2,19,22)/t9-,10?,13+,14-/m1/s1. The first-order chi connectivity index (χ1) is 11.0. The number of nitrogens with zero attached hydrogens (tertiary/aromatic N) is 3. The predicted octanol–water partition coefficient (Wildman–Crippen LogP) is 1.62. The van der Waals surface area contributed by atoms with Crippen LogP contribution in [0.25, 0.3) is 0 Å². The predicted molar refractivity (Wildman–Crippen MR) is 89.5 cm³/mol. The van der Waals surface area contributed by atoms with Crippen LogP contribution in [-0.4, -0.2) is 22.9 Å². The average molecular weight is 348 g/mol. The van der Waals surface area contributed by atoms with Crippen LogP contribution >= 0.6 is 23.4 Å². The van der Waals surface area contributed by atoms with Gasteiger partial charge in [-0.3, -0.25) is 9.79 Å². The van der Waals surface area contributed by atoms with Gasteiger partial charge in [0.2, 0.25) is 5.91 Å². The van der Waals surface area contributed by atoms with Crippen LogP contribution in [-0.2, 0) is 4.79 Å². The van der Waals surface area contributed by atoms with Crippen molar-refractivity contribution in [1.82, 2.24) is 0 Å². The number of carbonyl (C=O) groups excluding carboxylic acids is 1. The maximum atomic E-state index is 11.0. The van der Waals surface area contributed by atoms with Crippen molar-refractivity contribution < 1.29 is 4.79 Å². The number of rotatable bonds is 3. The molecule has 23 heavy (non-hydrogen) atoms. The number of amides is 1. The van der Waals surface area contributed by atoms with Crippen LogP contribution in [0.5, 0.6) is 0 Å². The number of halogens is 1. The Kier molecular flexibility index (Phi) is 5.62. The number of nitriles is 2. The van der Waals surface area contributed by atoms with Gasteiger partial charge in [-0.25, -0.2) is 0 Å². The molecule has 0 spiro atoms. The molecule has 4 atom stereocenters. The molecule has 0 radical (unpaired) electrons. The summed E-state index contributed by atoms with van der Waals surface area (Å²) < 4.78 is 0. The number of nitrogens with two attached hydrogens (primary N) is 2. The minimum Gasteiger partial charge on any atom is -0.369 e. The maximum Gasteiger partial charge on any atom is 0.227 e. The third-order valence-electron chi connectivity index (χ3n) is 3.57. The van der Waals surface area contributed by atoms with Crippen molar-refractivity contribution in [3.8, 4) is 12.1 Å². The summed E-state index contributed by atoms with van der Waals surface area (Å²) in [5, 5.41) is 19.9. The van der Waals surface area contributed by atoms with Gasteiger partial charge in [-0.05, 0) is 11.6 Å². The summed E-state index contributed by atoms with van der Waals surface area (Å²) in [6, 6.07) is 11.3. The van der Waals surface area contributed by atoms with Crippen molar-refractivity contribution in [2.45, 2.75) is 12.1 Å². The molecule has 6 nitrogen and oxygen atoms in total. The molecule has 0 fully saturated rings. The van der Waals surface area contributed by atoms with Gasteiger partial charge in [0.15, 0.2) is 0 Å². The Morgan fingerprint density at radius 3 is 2.61 bits per heavy atom. The van der Waals surface area contributed by atoms with Crippen LogP contribution in [0, 0.1) is 34.5 Å². The highest BCUT2D eigenvalue weighted by atomic mass is 35.5. The minimum absolute atomic E-state index is 0.00377. The Morgan fingerprint density at radius 2 is 2.04 bits per heavy atom. The molecule has 1 aliphatic rings. The molecule has 4 N–H and O–H groups in total. The zero-order valence-electron chi connectivity index (χ0n) is 12.0. The molecular formula is C15H14ClN5OS. The highest BCUT2D eigenvalue weighted by Crippen LogP contribution is 2.42. The van der Waals surface area contributed by atoms with E-state index in [4.69, 9.17) is 23.1 Å². The van der Waals surface area contributed by atoms with Crippen LogP contribution in [0.15, 0.2) is 29.3 Å². The zero-order valence-corrected chi connectivity index (χ0v) is 13.6. The smallest absolute Gasteiger partial charge is 0.227 e. The number of benzene rings is 1. The molecular weight excluding hydrogens is 334 g/mol. The molecule has 0 saturated heterocycles. The molecule has 8 heteroatoms. The van der Waals surface area contributed by atoms with E-state index in [-0.39, 0.29) is 5.75 Å². The van der Waals surface area contributed by atoms with Crippen molar-refractivity contribution in [1.29, 1.82) is 10.5 Å². The van der Waals surface area contributed by atoms with E-state index >= 15 is 0 Å². The lowest BCUT2D eigenvalue weighted by atomic mass is 9.75. The third-order valence-corrected chi connectivity index (χ3v) is 5.00. The molecule has 1 aromatic carbocycles. The average Bonchev–Trinajstić information content (AvgIpc) is 2.52. The Hall–Kier alpha value is -2.06. The highest BCUT2D eigenvalue weighted by molar-refractivity contribution is 8.14. The third kappa shape index (κ3) is 3.65. The van der Waals surface area contributed by atoms with Crippen LogP contribution in [0.1, 0.15) is 11.5 Å². The lowest BCUT2D eigenvalue weighted by Gasteiger charge is -2.34. The van der Waals surface area contributed by atoms with Gasteiger partial charge < -0.3 is 11.5 Å². The molecule has 118 valence electrons. The SMILES string of the molecule is N#CC1C(SCC(N)=O)=N[C@@H](N)[C@H](C#N)[C@@H]1c1ccccc1Cl. The van der Waals surface area contributed by atoms with E-state index in [1.54, 1.807) is 24.3 Å². The fraction of sp³-hybridized carbons (Fsp3) is 0.333. The summed E-state index contributed by atoms with van der Waals surface area (Å²) in [6.45, 7) is 0. The maximum absolute atomic E-state index is 11.0. The zero-order chi connectivity index (χ0) is 17.0. The Labute approximate surface area is 143 Å². The van der Waals surface area contributed by atoms with Gasteiger partial charge in [0.05, 0.1) is 28.9 Å². The van der Waals surface area contributed by atoms with Crippen LogP contribution in [0.4, 0.5) is 0 Å². The summed E-state index contributed by atoms with van der Waals surface area (Å²) in [5.74, 6) is -2.42. The summed E-state index contributed by atoms with van der Waals surface area (Å²) in [5.41, 5.74) is 11.8. The van der Waals surface area contributed by atoms with Gasteiger partial charge in [-0.2, -0.15) is 10.5 Å². The second kappa shape index (κ2) is 7.47. The molecule has 0 saturated carbocycles. The molecule has 1 aliphatic heterocycles. The van der Waals surface area contributed by atoms with E-state index < -0.39 is 29.8 Å². The number of carbonyl (C=O) groups is 1. The van der Waals surface area contributed by atoms with E-state index in [0.717, 1.165) is 11.8 Å². The normalized spacial score (nSPS) is 26.7. The van der Waals surface area contributed by atoms with E-state index in [1.165, 1.54) is 0 Å². The van der Waals surface area contributed by atoms with Crippen LogP contribution in [0.3, 0.4) is 0 Å². The Morgan fingerprint density at radius 1 is 1.35 bits per heavy atom. The van der Waals surface area contributed by atoms with Gasteiger partial charge in [0, 0.05) is 10.9 Å². The number of hydrogen-bond acceptors (Lipinski definition) is 6. The van der Waals surface area contributed by atoms with Gasteiger partial charge >= 0.3 is 0 Å². The van der Waals surface area contributed by atoms with Gasteiger partial charge in [0.25, 0.3) is 0 Å². The van der Waals surface area contributed by atoms with Crippen LogP contribution in [0.2, 0.25) is 5.02 Å². The van der Waals surface area contributed by atoms with Crippen molar-refractivity contribution in [2.75, 3.05) is 5.75 Å². The molecule has 2 rings (SSSR count). The van der Waals surface area contributed by atoms with Crippen molar-refractivity contribution >= 4 is 34.3 Å². The van der Waals surface area contributed by atoms with Crippen molar-refractivity contribution in [3.63, 3.8) is 0 Å². The first kappa shape index (κ1) is 17.3. The van der Waals surface area contributed by atoms with E-state index in [2.05, 4.69) is 17.1 Å². The molecule has 0 aliphatic carbocycles. The molecule has 1 heterocycles. The number of thioether (sulfide) groups is 1. The first-order valence-corrected chi connectivity index (χ1v) is 8.14. The van der Waals surface area contributed by atoms with Crippen LogP contribution < -0.4 is 11.5 Å². The first-order valence-electron chi connectivity index (χ1n) is 6.77. The monoisotopic (exact) mass is 347 g/mol. The largest absolute Gasteiger partial charge is 0.369 e. The second-order valence-electron chi connectivity index (χ2n) is 5.02. The molecule has 1 unspecified atom stereocenters. The van der Waals surface area contributed by atoms with E-state index in [0.29, 0.717) is 15.6 Å². The lowest BCUT2D eigenvalue weighted by Crippen LogP contribution is -2.42. The topological polar surface area (TPSA) is 129 Å². The molecule has 1 amide bonds. The van der Waals surface area contributed by atoms with Gasteiger partial charge in [0.1, 0.15) is 12.1 Å². The summed E-state index contributed by atoms with van der Waals surface area (Å²) in [4.78, 5) is 15.2. The summed E-state index contributed by atoms with van der Waals surface area (Å²) in [6.07, 6.45) is -0.791. The fourth-order valence-corrected chi connectivity index (χ4v) is 3.69. The summed E-state index contributed by atoms with van der Waals surface area (Å²) >= 11 is 7.32. The molecule has 0 bridgehead atoms. The summed E-state index contributed by atoms with van der Waals surface area (Å²) in [7, 11) is 0. The van der Waals surface area contributed by atoms with Crippen molar-refractivity contribution in [2.24, 2.45) is 28.3 Å². The quantitative estimate of drug-likeness (QED) is 0.858. The Balaban J connectivity index is 2.48. The number of aliphatic imine (C=N–C) groups is 1. The minimum atomic E-state index is -0.791. The van der Waals surface area contributed by atoms with E-state index in [9.17, 15) is 15.3 Å². The second-order valence-corrected chi connectivity index (χ2v) is 6.42. The molecule has 0 aromatic heterocycles. The fourth-order valence-electron chi connectivity index (χ4n) is 2.56. The van der Waals surface area contributed by atoms with Crippen molar-refractivity contribution in [3.05, 3.63) is 34.9 Å². The highest BCUT2D eigenvalue weighted by Gasteiger charge is 2.42. The number of hydrogen-bond donors (Lipinski definition) is 2.